The molecule has 0 fully saturated rings. The van der Waals surface area contributed by atoms with Gasteiger partial charge in [-0.1, -0.05) is 15.9 Å². The molecule has 0 spiro atoms. The highest BCUT2D eigenvalue weighted by Gasteiger charge is 1.93. The van der Waals surface area contributed by atoms with E-state index in [0.29, 0.717) is 6.42 Å². The summed E-state index contributed by atoms with van der Waals surface area (Å²) in [6, 6.07) is 3.79. The van der Waals surface area contributed by atoms with E-state index >= 15 is 0 Å². The normalized spacial score (nSPS) is 9.55. The molecule has 0 N–H and O–H groups in total. The molecular weight excluding hydrogens is 206 g/mol. The van der Waals surface area contributed by atoms with Crippen molar-refractivity contribution in [2.24, 2.45) is 0 Å². The van der Waals surface area contributed by atoms with Crippen molar-refractivity contribution in [3.63, 3.8) is 0 Å². The fraction of sp³-hybridized carbons (Fsp3) is 0.250. The summed E-state index contributed by atoms with van der Waals surface area (Å²) < 4.78 is 1.01. The molecule has 1 rings (SSSR count). The molecule has 0 atom stereocenters. The summed E-state index contributed by atoms with van der Waals surface area (Å²) in [7, 11) is 0. The standard InChI is InChI=1S/C8H8BrNO/c9-7-3-4-10-8(6-7)2-1-5-11/h3-6H,1-2H2. The number of carbonyl (C=O) groups excluding carboxylic acids is 1. The van der Waals surface area contributed by atoms with Crippen LogP contribution in [0.4, 0.5) is 0 Å². The first-order chi connectivity index (χ1) is 5.33. The van der Waals surface area contributed by atoms with Crippen LogP contribution in [-0.2, 0) is 11.2 Å². The molecule has 0 unspecified atom stereocenters. The fourth-order valence-electron chi connectivity index (χ4n) is 0.792. The van der Waals surface area contributed by atoms with Crippen LogP contribution in [0.5, 0.6) is 0 Å². The summed E-state index contributed by atoms with van der Waals surface area (Å²) in [5.74, 6) is 0. The zero-order chi connectivity index (χ0) is 8.10. The largest absolute Gasteiger partial charge is 0.303 e. The van der Waals surface area contributed by atoms with Gasteiger partial charge in [0.1, 0.15) is 6.29 Å². The second-order valence-electron chi connectivity index (χ2n) is 2.17. The Morgan fingerprint density at radius 2 is 2.45 bits per heavy atom. The van der Waals surface area contributed by atoms with Crippen LogP contribution in [0, 0.1) is 0 Å². The molecule has 1 heterocycles. The van der Waals surface area contributed by atoms with Crippen molar-refractivity contribution in [1.82, 2.24) is 4.98 Å². The van der Waals surface area contributed by atoms with E-state index in [9.17, 15) is 4.79 Å². The topological polar surface area (TPSA) is 30.0 Å². The van der Waals surface area contributed by atoms with Crippen LogP contribution in [-0.4, -0.2) is 11.3 Å². The van der Waals surface area contributed by atoms with Gasteiger partial charge >= 0.3 is 0 Å². The summed E-state index contributed by atoms with van der Waals surface area (Å²) >= 11 is 3.33. The van der Waals surface area contributed by atoms with Crippen LogP contribution in [0.1, 0.15) is 12.1 Å². The Morgan fingerprint density at radius 1 is 1.64 bits per heavy atom. The third-order valence-electron chi connectivity index (χ3n) is 1.30. The van der Waals surface area contributed by atoms with E-state index in [0.717, 1.165) is 22.9 Å². The zero-order valence-electron chi connectivity index (χ0n) is 5.96. The van der Waals surface area contributed by atoms with Gasteiger partial charge in [0.05, 0.1) is 0 Å². The van der Waals surface area contributed by atoms with Gasteiger partial charge in [-0.15, -0.1) is 0 Å². The second-order valence-corrected chi connectivity index (χ2v) is 3.09. The van der Waals surface area contributed by atoms with Gasteiger partial charge in [0.15, 0.2) is 0 Å². The average molecular weight is 214 g/mol. The molecule has 11 heavy (non-hydrogen) atoms. The third-order valence-corrected chi connectivity index (χ3v) is 1.79. The van der Waals surface area contributed by atoms with Crippen molar-refractivity contribution in [1.29, 1.82) is 0 Å². The number of hydrogen-bond acceptors (Lipinski definition) is 2. The first-order valence-corrected chi connectivity index (χ1v) is 4.16. The second kappa shape index (κ2) is 4.23. The molecule has 0 bridgehead atoms. The van der Waals surface area contributed by atoms with Crippen molar-refractivity contribution >= 4 is 22.2 Å². The summed E-state index contributed by atoms with van der Waals surface area (Å²) in [6.07, 6.45) is 3.90. The highest BCUT2D eigenvalue weighted by atomic mass is 79.9. The third kappa shape index (κ3) is 2.80. The van der Waals surface area contributed by atoms with Crippen LogP contribution in [0.3, 0.4) is 0 Å². The summed E-state index contributed by atoms with van der Waals surface area (Å²) in [6.45, 7) is 0. The van der Waals surface area contributed by atoms with Crippen molar-refractivity contribution in [3.05, 3.63) is 28.5 Å². The molecule has 1 aromatic rings. The van der Waals surface area contributed by atoms with Gasteiger partial charge in [0, 0.05) is 22.8 Å². The van der Waals surface area contributed by atoms with E-state index < -0.39 is 0 Å². The minimum Gasteiger partial charge on any atom is -0.303 e. The molecular formula is C8H8BrNO. The van der Waals surface area contributed by atoms with Crippen molar-refractivity contribution in [3.8, 4) is 0 Å². The molecule has 0 aliphatic heterocycles. The van der Waals surface area contributed by atoms with Crippen LogP contribution in [0.2, 0.25) is 0 Å². The first-order valence-electron chi connectivity index (χ1n) is 3.37. The number of pyridine rings is 1. The summed E-state index contributed by atoms with van der Waals surface area (Å²) in [4.78, 5) is 14.1. The number of nitrogens with zero attached hydrogens (tertiary/aromatic N) is 1. The molecule has 1 aromatic heterocycles. The van der Waals surface area contributed by atoms with Crippen LogP contribution >= 0.6 is 15.9 Å². The van der Waals surface area contributed by atoms with Gasteiger partial charge in [-0.05, 0) is 18.6 Å². The summed E-state index contributed by atoms with van der Waals surface area (Å²) in [5, 5.41) is 0. The molecule has 0 saturated heterocycles. The zero-order valence-corrected chi connectivity index (χ0v) is 7.54. The van der Waals surface area contributed by atoms with Crippen LogP contribution in [0.25, 0.3) is 0 Å². The lowest BCUT2D eigenvalue weighted by atomic mass is 10.2. The van der Waals surface area contributed by atoms with Gasteiger partial charge in [-0.25, -0.2) is 0 Å². The van der Waals surface area contributed by atoms with Crippen molar-refractivity contribution < 1.29 is 4.79 Å². The van der Waals surface area contributed by atoms with Crippen molar-refractivity contribution in [2.75, 3.05) is 0 Å². The van der Waals surface area contributed by atoms with E-state index in [2.05, 4.69) is 20.9 Å². The molecule has 0 saturated carbocycles. The number of carbonyl (C=O) groups is 1. The lowest BCUT2D eigenvalue weighted by Gasteiger charge is -1.95. The highest BCUT2D eigenvalue weighted by Crippen LogP contribution is 2.09. The van der Waals surface area contributed by atoms with E-state index in [-0.39, 0.29) is 0 Å². The summed E-state index contributed by atoms with van der Waals surface area (Å²) in [5.41, 5.74) is 0.950. The number of rotatable bonds is 3. The molecule has 0 aliphatic carbocycles. The number of aldehydes is 1. The van der Waals surface area contributed by atoms with Crippen LogP contribution in [0.15, 0.2) is 22.8 Å². The van der Waals surface area contributed by atoms with Gasteiger partial charge in [0.25, 0.3) is 0 Å². The molecule has 2 nitrogen and oxygen atoms in total. The Morgan fingerprint density at radius 3 is 3.09 bits per heavy atom. The molecule has 0 amide bonds. The molecule has 3 heteroatoms. The quantitative estimate of drug-likeness (QED) is 0.720. The Labute approximate surface area is 73.8 Å². The molecule has 0 aliphatic rings. The van der Waals surface area contributed by atoms with Gasteiger partial charge < -0.3 is 4.79 Å². The Kier molecular flexibility index (Phi) is 3.23. The highest BCUT2D eigenvalue weighted by molar-refractivity contribution is 9.10. The number of aryl methyl sites for hydroxylation is 1. The Balaban J connectivity index is 2.63. The maximum Gasteiger partial charge on any atom is 0.120 e. The number of hydrogen-bond donors (Lipinski definition) is 0. The van der Waals surface area contributed by atoms with Gasteiger partial charge in [-0.3, -0.25) is 4.98 Å². The van der Waals surface area contributed by atoms with E-state index in [1.165, 1.54) is 0 Å². The van der Waals surface area contributed by atoms with E-state index in [1.54, 1.807) is 6.20 Å². The maximum atomic E-state index is 10.0. The minimum atomic E-state index is 0.545. The SMILES string of the molecule is O=CCCc1cc(Br)ccn1. The first kappa shape index (κ1) is 8.40. The van der Waals surface area contributed by atoms with Gasteiger partial charge in [0.2, 0.25) is 0 Å². The lowest BCUT2D eigenvalue weighted by molar-refractivity contribution is -0.107. The van der Waals surface area contributed by atoms with E-state index in [1.807, 2.05) is 12.1 Å². The monoisotopic (exact) mass is 213 g/mol. The average Bonchev–Trinajstić information content (AvgIpc) is 2.01. The number of halogens is 1. The fourth-order valence-corrected chi connectivity index (χ4v) is 1.17. The minimum absolute atomic E-state index is 0.545. The Bertz CT molecular complexity index is 250. The molecule has 0 radical (unpaired) electrons. The predicted molar refractivity (Wildman–Crippen MR) is 46.3 cm³/mol. The smallest absolute Gasteiger partial charge is 0.120 e. The predicted octanol–water partition coefficient (Wildman–Crippen LogP) is 1.98. The Hall–Kier alpha value is -0.700. The van der Waals surface area contributed by atoms with Crippen LogP contribution < -0.4 is 0 Å². The molecule has 0 aromatic carbocycles. The molecule has 58 valence electrons. The lowest BCUT2D eigenvalue weighted by Crippen LogP contribution is -1.89. The van der Waals surface area contributed by atoms with E-state index in [4.69, 9.17) is 0 Å². The number of aromatic nitrogens is 1. The maximum absolute atomic E-state index is 10.0. The van der Waals surface area contributed by atoms with Crippen molar-refractivity contribution in [2.45, 2.75) is 12.8 Å². The van der Waals surface area contributed by atoms with Gasteiger partial charge in [-0.2, -0.15) is 0 Å².